The molecule has 0 spiro atoms. The number of ether oxygens (including phenoxy) is 1. The number of nitrogens with zero attached hydrogens (tertiary/aromatic N) is 2. The van der Waals surface area contributed by atoms with Crippen LogP contribution in [0.3, 0.4) is 0 Å². The third-order valence-electron chi connectivity index (χ3n) is 5.52. The molecule has 1 saturated heterocycles. The number of nitrogens with two attached hydrogens (primary N) is 1. The zero-order chi connectivity index (χ0) is 17.9. The SMILES string of the molecule is Nc1cn[nH]c1C1CCN(C(=O)c2cccc(OC3CCCCC3)c2)C1. The molecule has 0 radical (unpaired) electrons. The highest BCUT2D eigenvalue weighted by Gasteiger charge is 2.30. The third-order valence-corrected chi connectivity index (χ3v) is 5.52. The highest BCUT2D eigenvalue weighted by molar-refractivity contribution is 5.94. The summed E-state index contributed by atoms with van der Waals surface area (Å²) in [5, 5.41) is 6.96. The van der Waals surface area contributed by atoms with E-state index < -0.39 is 0 Å². The Kier molecular flexibility index (Phi) is 4.82. The number of carbonyl (C=O) groups excluding carboxylic acids is 1. The summed E-state index contributed by atoms with van der Waals surface area (Å²) in [5.74, 6) is 1.08. The molecule has 1 saturated carbocycles. The molecule has 1 aromatic carbocycles. The fraction of sp³-hybridized carbons (Fsp3) is 0.500. The summed E-state index contributed by atoms with van der Waals surface area (Å²) < 4.78 is 6.10. The van der Waals surface area contributed by atoms with E-state index in [-0.39, 0.29) is 17.9 Å². The average molecular weight is 354 g/mol. The van der Waals surface area contributed by atoms with E-state index in [1.807, 2.05) is 29.2 Å². The topological polar surface area (TPSA) is 84.2 Å². The van der Waals surface area contributed by atoms with Gasteiger partial charge in [0.25, 0.3) is 5.91 Å². The maximum Gasteiger partial charge on any atom is 0.254 e. The average Bonchev–Trinajstić information content (AvgIpc) is 3.31. The number of anilines is 1. The molecule has 1 aliphatic heterocycles. The molecule has 1 aliphatic carbocycles. The number of hydrogen-bond acceptors (Lipinski definition) is 4. The molecule has 6 nitrogen and oxygen atoms in total. The van der Waals surface area contributed by atoms with Crippen LogP contribution in [0.5, 0.6) is 5.75 Å². The molecule has 2 fully saturated rings. The van der Waals surface area contributed by atoms with E-state index in [1.54, 1.807) is 6.20 Å². The van der Waals surface area contributed by atoms with Gasteiger partial charge in [0.2, 0.25) is 0 Å². The van der Waals surface area contributed by atoms with Crippen LogP contribution in [-0.2, 0) is 0 Å². The number of benzene rings is 1. The molecule has 1 unspecified atom stereocenters. The summed E-state index contributed by atoms with van der Waals surface area (Å²) in [6.45, 7) is 1.40. The number of nitrogen functional groups attached to an aromatic ring is 1. The maximum atomic E-state index is 12.9. The van der Waals surface area contributed by atoms with Crippen LogP contribution >= 0.6 is 0 Å². The lowest BCUT2D eigenvalue weighted by molar-refractivity contribution is 0.0789. The number of amides is 1. The van der Waals surface area contributed by atoms with Crippen LogP contribution in [-0.4, -0.2) is 40.2 Å². The van der Waals surface area contributed by atoms with Gasteiger partial charge in [-0.05, 0) is 50.3 Å². The van der Waals surface area contributed by atoms with E-state index >= 15 is 0 Å². The van der Waals surface area contributed by atoms with Gasteiger partial charge in [0.1, 0.15) is 5.75 Å². The number of aromatic amines is 1. The van der Waals surface area contributed by atoms with Crippen LogP contribution in [0.4, 0.5) is 5.69 Å². The zero-order valence-corrected chi connectivity index (χ0v) is 15.0. The second-order valence-corrected chi connectivity index (χ2v) is 7.38. The lowest BCUT2D eigenvalue weighted by atomic mass is 9.98. The first-order valence-electron chi connectivity index (χ1n) is 9.55. The minimum absolute atomic E-state index is 0.0553. The first kappa shape index (κ1) is 16.9. The molecule has 26 heavy (non-hydrogen) atoms. The second kappa shape index (κ2) is 7.40. The predicted molar refractivity (Wildman–Crippen MR) is 100 cm³/mol. The predicted octanol–water partition coefficient (Wildman–Crippen LogP) is 3.33. The van der Waals surface area contributed by atoms with E-state index in [1.165, 1.54) is 19.3 Å². The van der Waals surface area contributed by atoms with Crippen molar-refractivity contribution in [3.05, 3.63) is 41.7 Å². The number of nitrogens with one attached hydrogen (secondary N) is 1. The van der Waals surface area contributed by atoms with Gasteiger partial charge in [0.15, 0.2) is 0 Å². The minimum atomic E-state index is 0.0553. The van der Waals surface area contributed by atoms with Crippen molar-refractivity contribution < 1.29 is 9.53 Å². The van der Waals surface area contributed by atoms with Crippen LogP contribution in [0.2, 0.25) is 0 Å². The molecule has 2 heterocycles. The molecule has 1 aromatic heterocycles. The Hall–Kier alpha value is -2.50. The Balaban J connectivity index is 1.42. The van der Waals surface area contributed by atoms with Crippen molar-refractivity contribution in [2.75, 3.05) is 18.8 Å². The molecule has 3 N–H and O–H groups in total. The van der Waals surface area contributed by atoms with E-state index in [0.717, 1.165) is 37.3 Å². The molecule has 2 aromatic rings. The summed E-state index contributed by atoms with van der Waals surface area (Å²) >= 11 is 0. The van der Waals surface area contributed by atoms with Gasteiger partial charge in [-0.2, -0.15) is 5.10 Å². The molecular weight excluding hydrogens is 328 g/mol. The number of rotatable bonds is 4. The van der Waals surface area contributed by atoms with Gasteiger partial charge in [-0.15, -0.1) is 0 Å². The van der Waals surface area contributed by atoms with E-state index in [4.69, 9.17) is 10.5 Å². The Bertz CT molecular complexity index is 767. The molecular formula is C20H26N4O2. The van der Waals surface area contributed by atoms with E-state index in [9.17, 15) is 4.79 Å². The molecule has 4 rings (SSSR count). The van der Waals surface area contributed by atoms with Crippen molar-refractivity contribution in [2.45, 2.75) is 50.5 Å². The molecule has 6 heteroatoms. The maximum absolute atomic E-state index is 12.9. The van der Waals surface area contributed by atoms with Crippen molar-refractivity contribution >= 4 is 11.6 Å². The van der Waals surface area contributed by atoms with Gasteiger partial charge >= 0.3 is 0 Å². The molecule has 2 aliphatic rings. The fourth-order valence-electron chi connectivity index (χ4n) is 4.07. The third kappa shape index (κ3) is 3.54. The number of aromatic nitrogens is 2. The first-order chi connectivity index (χ1) is 12.7. The van der Waals surface area contributed by atoms with Gasteiger partial charge in [-0.3, -0.25) is 9.89 Å². The molecule has 138 valence electrons. The smallest absolute Gasteiger partial charge is 0.254 e. The van der Waals surface area contributed by atoms with Gasteiger partial charge in [-0.1, -0.05) is 12.5 Å². The van der Waals surface area contributed by atoms with Crippen LogP contribution in [0.15, 0.2) is 30.5 Å². The van der Waals surface area contributed by atoms with Crippen molar-refractivity contribution in [2.24, 2.45) is 0 Å². The van der Waals surface area contributed by atoms with Gasteiger partial charge in [0, 0.05) is 24.6 Å². The molecule has 0 bridgehead atoms. The van der Waals surface area contributed by atoms with Crippen LogP contribution in [0.25, 0.3) is 0 Å². The van der Waals surface area contributed by atoms with Crippen LogP contribution in [0.1, 0.15) is 60.5 Å². The quantitative estimate of drug-likeness (QED) is 0.882. The van der Waals surface area contributed by atoms with Crippen molar-refractivity contribution in [1.82, 2.24) is 15.1 Å². The monoisotopic (exact) mass is 354 g/mol. The molecule has 1 amide bonds. The summed E-state index contributed by atoms with van der Waals surface area (Å²) in [5.41, 5.74) is 8.25. The van der Waals surface area contributed by atoms with E-state index in [2.05, 4.69) is 10.2 Å². The van der Waals surface area contributed by atoms with Crippen LogP contribution < -0.4 is 10.5 Å². The standard InChI is InChI=1S/C20H26N4O2/c21-18-12-22-23-19(18)15-9-10-24(13-15)20(25)14-5-4-8-17(11-14)26-16-6-2-1-3-7-16/h4-5,8,11-12,15-16H,1-3,6-7,9-10,13,21H2,(H,22,23). The Morgan fingerprint density at radius 1 is 1.23 bits per heavy atom. The largest absolute Gasteiger partial charge is 0.490 e. The Morgan fingerprint density at radius 2 is 2.08 bits per heavy atom. The number of hydrogen-bond donors (Lipinski definition) is 2. The van der Waals surface area contributed by atoms with Gasteiger partial charge < -0.3 is 15.4 Å². The van der Waals surface area contributed by atoms with Crippen molar-refractivity contribution in [3.8, 4) is 5.75 Å². The summed E-state index contributed by atoms with van der Waals surface area (Å²) in [6.07, 6.45) is 8.80. The highest BCUT2D eigenvalue weighted by Crippen LogP contribution is 2.30. The number of likely N-dealkylation sites (tertiary alicyclic amines) is 1. The lowest BCUT2D eigenvalue weighted by Crippen LogP contribution is -2.28. The Morgan fingerprint density at radius 3 is 2.85 bits per heavy atom. The molecule has 1 atom stereocenters. The van der Waals surface area contributed by atoms with Crippen molar-refractivity contribution in [3.63, 3.8) is 0 Å². The highest BCUT2D eigenvalue weighted by atomic mass is 16.5. The number of H-pyrrole nitrogens is 1. The summed E-state index contributed by atoms with van der Waals surface area (Å²) in [6, 6.07) is 7.61. The van der Waals surface area contributed by atoms with Gasteiger partial charge in [0.05, 0.1) is 23.7 Å². The van der Waals surface area contributed by atoms with Crippen LogP contribution in [0, 0.1) is 0 Å². The normalized spacial score (nSPS) is 21.1. The lowest BCUT2D eigenvalue weighted by Gasteiger charge is -2.23. The van der Waals surface area contributed by atoms with E-state index in [0.29, 0.717) is 17.8 Å². The zero-order valence-electron chi connectivity index (χ0n) is 15.0. The fourth-order valence-corrected chi connectivity index (χ4v) is 4.07. The first-order valence-corrected chi connectivity index (χ1v) is 9.55. The van der Waals surface area contributed by atoms with Crippen molar-refractivity contribution in [1.29, 1.82) is 0 Å². The Labute approximate surface area is 153 Å². The number of carbonyl (C=O) groups is 1. The second-order valence-electron chi connectivity index (χ2n) is 7.38. The minimum Gasteiger partial charge on any atom is -0.490 e. The summed E-state index contributed by atoms with van der Waals surface area (Å²) in [4.78, 5) is 14.8. The van der Waals surface area contributed by atoms with Gasteiger partial charge in [-0.25, -0.2) is 0 Å². The summed E-state index contributed by atoms with van der Waals surface area (Å²) in [7, 11) is 0.